The van der Waals surface area contributed by atoms with Gasteiger partial charge in [-0.25, -0.2) is 14.5 Å². The van der Waals surface area contributed by atoms with Gasteiger partial charge in [-0.2, -0.15) is 5.10 Å². The van der Waals surface area contributed by atoms with Crippen molar-refractivity contribution in [2.75, 3.05) is 25.5 Å². The number of rotatable bonds is 9. The Hall–Kier alpha value is -5.32. The van der Waals surface area contributed by atoms with E-state index in [1.165, 1.54) is 6.07 Å². The number of pyridine rings is 2. The van der Waals surface area contributed by atoms with Gasteiger partial charge in [0.15, 0.2) is 11.5 Å². The van der Waals surface area contributed by atoms with Crippen LogP contribution in [0.2, 0.25) is 0 Å². The van der Waals surface area contributed by atoms with Crippen molar-refractivity contribution in [1.29, 1.82) is 0 Å². The molecule has 46 heavy (non-hydrogen) atoms. The van der Waals surface area contributed by atoms with Crippen LogP contribution in [0.3, 0.4) is 0 Å². The Morgan fingerprint density at radius 1 is 0.978 bits per heavy atom. The maximum absolute atomic E-state index is 13.0. The third kappa shape index (κ3) is 7.14. The molecular weight excluding hydrogens is 584 g/mol. The molecule has 1 fully saturated rings. The summed E-state index contributed by atoms with van der Waals surface area (Å²) in [5, 5.41) is 9.16. The normalized spacial score (nSPS) is 14.8. The van der Waals surface area contributed by atoms with Crippen molar-refractivity contribution in [2.24, 2.45) is 0 Å². The van der Waals surface area contributed by atoms with Gasteiger partial charge in [0, 0.05) is 43.7 Å². The van der Waals surface area contributed by atoms with E-state index in [1.54, 1.807) is 41.1 Å². The highest BCUT2D eigenvalue weighted by atomic mass is 16.6. The SMILES string of the molecule is COc1ccc(Cn2nc(N[C@@H]3CCN(C(=O)OC(C)(C)C)C3)c3c(Oc4ccn(Cc5ccccc5)c(=O)c4)ccnc32)cc1. The van der Waals surface area contributed by atoms with Gasteiger partial charge in [-0.15, -0.1) is 0 Å². The number of carbonyl (C=O) groups excluding carboxylic acids is 1. The molecule has 0 aliphatic carbocycles. The second-order valence-corrected chi connectivity index (χ2v) is 12.3. The fourth-order valence-corrected chi connectivity index (χ4v) is 5.42. The largest absolute Gasteiger partial charge is 0.497 e. The second-order valence-electron chi connectivity index (χ2n) is 12.3. The Morgan fingerprint density at radius 2 is 1.74 bits per heavy atom. The van der Waals surface area contributed by atoms with Crippen LogP contribution >= 0.6 is 0 Å². The van der Waals surface area contributed by atoms with E-state index in [-0.39, 0.29) is 17.7 Å². The number of carbonyl (C=O) groups is 1. The number of benzene rings is 2. The van der Waals surface area contributed by atoms with Crippen molar-refractivity contribution in [3.05, 3.63) is 107 Å². The predicted molar refractivity (Wildman–Crippen MR) is 176 cm³/mol. The van der Waals surface area contributed by atoms with Crippen molar-refractivity contribution >= 4 is 22.9 Å². The van der Waals surface area contributed by atoms with Gasteiger partial charge in [0.25, 0.3) is 5.56 Å². The van der Waals surface area contributed by atoms with E-state index >= 15 is 0 Å². The summed E-state index contributed by atoms with van der Waals surface area (Å²) in [4.78, 5) is 32.1. The summed E-state index contributed by atoms with van der Waals surface area (Å²) in [5.74, 6) is 2.27. The lowest BCUT2D eigenvalue weighted by Crippen LogP contribution is -2.36. The minimum atomic E-state index is -0.570. The van der Waals surface area contributed by atoms with Crippen LogP contribution in [0.5, 0.6) is 17.2 Å². The van der Waals surface area contributed by atoms with Gasteiger partial charge in [-0.3, -0.25) is 4.79 Å². The Morgan fingerprint density at radius 3 is 2.46 bits per heavy atom. The first-order valence-corrected chi connectivity index (χ1v) is 15.3. The fraction of sp³-hybridized carbons (Fsp3) is 0.314. The molecule has 1 aliphatic rings. The summed E-state index contributed by atoms with van der Waals surface area (Å²) in [5.41, 5.74) is 1.93. The highest BCUT2D eigenvalue weighted by Crippen LogP contribution is 2.35. The van der Waals surface area contributed by atoms with Crippen molar-refractivity contribution in [3.63, 3.8) is 0 Å². The molecule has 1 atom stereocenters. The zero-order chi connectivity index (χ0) is 32.3. The summed E-state index contributed by atoms with van der Waals surface area (Å²) in [6.45, 7) is 7.54. The average molecular weight is 623 g/mol. The first-order chi connectivity index (χ1) is 22.1. The van der Waals surface area contributed by atoms with E-state index in [0.717, 1.165) is 23.3 Å². The molecule has 4 heterocycles. The number of nitrogens with zero attached hydrogens (tertiary/aromatic N) is 5. The van der Waals surface area contributed by atoms with E-state index in [1.807, 2.05) is 80.1 Å². The maximum Gasteiger partial charge on any atom is 0.410 e. The Labute approximate surface area is 267 Å². The third-order valence-corrected chi connectivity index (χ3v) is 7.66. The number of likely N-dealkylation sites (tertiary alicyclic amines) is 1. The van der Waals surface area contributed by atoms with Gasteiger partial charge < -0.3 is 29.0 Å². The Kier molecular flexibility index (Phi) is 8.65. The Bertz CT molecular complexity index is 1880. The zero-order valence-electron chi connectivity index (χ0n) is 26.5. The highest BCUT2D eigenvalue weighted by Gasteiger charge is 2.31. The quantitative estimate of drug-likeness (QED) is 0.216. The molecular formula is C35H38N6O5. The molecule has 2 aromatic carbocycles. The molecule has 238 valence electrons. The van der Waals surface area contributed by atoms with E-state index in [0.29, 0.717) is 54.5 Å². The van der Waals surface area contributed by atoms with Crippen LogP contribution in [0.4, 0.5) is 10.6 Å². The number of fused-ring (bicyclic) bond motifs is 1. The molecule has 0 unspecified atom stereocenters. The van der Waals surface area contributed by atoms with E-state index in [9.17, 15) is 9.59 Å². The summed E-state index contributed by atoms with van der Waals surface area (Å²) >= 11 is 0. The number of anilines is 1. The van der Waals surface area contributed by atoms with E-state index in [2.05, 4.69) is 10.3 Å². The van der Waals surface area contributed by atoms with E-state index in [4.69, 9.17) is 19.3 Å². The average Bonchev–Trinajstić information content (AvgIpc) is 3.64. The topological polar surface area (TPSA) is 113 Å². The molecule has 3 aromatic heterocycles. The maximum atomic E-state index is 13.0. The summed E-state index contributed by atoms with van der Waals surface area (Å²) < 4.78 is 20.7. The number of amides is 1. The monoisotopic (exact) mass is 622 g/mol. The minimum absolute atomic E-state index is 0.0602. The first-order valence-electron chi connectivity index (χ1n) is 15.3. The van der Waals surface area contributed by atoms with Crippen LogP contribution in [0, 0.1) is 0 Å². The molecule has 0 saturated carbocycles. The van der Waals surface area contributed by atoms with Gasteiger partial charge in [-0.1, -0.05) is 42.5 Å². The molecule has 6 rings (SSSR count). The molecule has 1 N–H and O–H groups in total. The molecule has 1 amide bonds. The third-order valence-electron chi connectivity index (χ3n) is 7.66. The van der Waals surface area contributed by atoms with Crippen LogP contribution in [-0.4, -0.2) is 62.2 Å². The summed E-state index contributed by atoms with van der Waals surface area (Å²) in [6, 6.07) is 22.6. The number of nitrogens with one attached hydrogen (secondary N) is 1. The molecule has 1 saturated heterocycles. The van der Waals surface area contributed by atoms with E-state index < -0.39 is 5.60 Å². The number of ether oxygens (including phenoxy) is 3. The molecule has 11 heteroatoms. The molecule has 5 aromatic rings. The van der Waals surface area contributed by atoms with Gasteiger partial charge in [0.2, 0.25) is 0 Å². The Balaban J connectivity index is 1.29. The van der Waals surface area contributed by atoms with Crippen molar-refractivity contribution < 1.29 is 19.0 Å². The first kappa shape index (κ1) is 30.7. The van der Waals surface area contributed by atoms with Crippen molar-refractivity contribution in [2.45, 2.75) is 51.9 Å². The van der Waals surface area contributed by atoms with Gasteiger partial charge in [0.1, 0.15) is 28.2 Å². The van der Waals surface area contributed by atoms with Crippen molar-refractivity contribution in [3.8, 4) is 17.2 Å². The standard InChI is InChI=1S/C35H38N6O5/c1-35(2,3)46-34(43)40-18-15-26(23-40)37-32-31-29(45-28-16-19-39(30(42)20-28)21-24-8-6-5-7-9-24)14-17-36-33(31)41(38-32)22-25-10-12-27(44-4)13-11-25/h5-14,16-17,19-20,26H,15,18,21-23H2,1-4H3,(H,37,38)/t26-/m1/s1. The van der Waals surface area contributed by atoms with Gasteiger partial charge in [0.05, 0.1) is 20.2 Å². The second kappa shape index (κ2) is 13.0. The van der Waals surface area contributed by atoms with Crippen LogP contribution in [0.1, 0.15) is 38.3 Å². The minimum Gasteiger partial charge on any atom is -0.497 e. The lowest BCUT2D eigenvalue weighted by Gasteiger charge is -2.24. The van der Waals surface area contributed by atoms with Crippen LogP contribution in [0.15, 0.2) is 90.0 Å². The smallest absolute Gasteiger partial charge is 0.410 e. The predicted octanol–water partition coefficient (Wildman–Crippen LogP) is 5.91. The number of hydrogen-bond acceptors (Lipinski definition) is 8. The van der Waals surface area contributed by atoms with Gasteiger partial charge in [-0.05, 0) is 56.5 Å². The zero-order valence-corrected chi connectivity index (χ0v) is 26.5. The van der Waals surface area contributed by atoms with Crippen molar-refractivity contribution in [1.82, 2.24) is 24.2 Å². The molecule has 0 radical (unpaired) electrons. The summed E-state index contributed by atoms with van der Waals surface area (Å²) in [7, 11) is 1.64. The lowest BCUT2D eigenvalue weighted by atomic mass is 10.2. The molecule has 0 bridgehead atoms. The van der Waals surface area contributed by atoms with Crippen LogP contribution in [-0.2, 0) is 17.8 Å². The molecule has 11 nitrogen and oxygen atoms in total. The number of hydrogen-bond donors (Lipinski definition) is 1. The molecule has 0 spiro atoms. The van der Waals surface area contributed by atoms with Crippen LogP contribution < -0.4 is 20.3 Å². The lowest BCUT2D eigenvalue weighted by molar-refractivity contribution is 0.0293. The summed E-state index contributed by atoms with van der Waals surface area (Å²) in [6.07, 6.45) is 3.80. The van der Waals surface area contributed by atoms with Crippen LogP contribution in [0.25, 0.3) is 11.0 Å². The highest BCUT2D eigenvalue weighted by molar-refractivity contribution is 5.93. The number of methoxy groups -OCH3 is 1. The fourth-order valence-electron chi connectivity index (χ4n) is 5.42. The molecule has 1 aliphatic heterocycles. The van der Waals surface area contributed by atoms with Gasteiger partial charge >= 0.3 is 6.09 Å². The number of aromatic nitrogens is 4.